The Morgan fingerprint density at radius 1 is 0.967 bits per heavy atom. The highest BCUT2D eigenvalue weighted by Gasteiger charge is 2.62. The van der Waals surface area contributed by atoms with Crippen LogP contribution in [0.25, 0.3) is 0 Å². The molecule has 2 aliphatic carbocycles. The second kappa shape index (κ2) is 7.50. The number of rotatable bonds is 4. The molecule has 30 heavy (non-hydrogen) atoms. The molecule has 3 amide bonds. The summed E-state index contributed by atoms with van der Waals surface area (Å²) in [5.74, 6) is -0.858. The molecule has 4 atom stereocenters. The van der Waals surface area contributed by atoms with E-state index in [4.69, 9.17) is 11.6 Å². The number of hydrogen-bond donors (Lipinski definition) is 0. The zero-order chi connectivity index (χ0) is 21.0. The van der Waals surface area contributed by atoms with Crippen LogP contribution in [0.2, 0.25) is 5.02 Å². The minimum absolute atomic E-state index is 0.140. The van der Waals surface area contributed by atoms with Crippen molar-refractivity contribution in [2.24, 2.45) is 23.7 Å². The van der Waals surface area contributed by atoms with E-state index in [-0.39, 0.29) is 47.9 Å². The van der Waals surface area contributed by atoms with Crippen LogP contribution in [0, 0.1) is 23.7 Å². The number of hydrogen-bond acceptors (Lipinski definition) is 3. The lowest BCUT2D eigenvalue weighted by Crippen LogP contribution is -2.50. The zero-order valence-electron chi connectivity index (χ0n) is 16.1. The molecule has 1 aliphatic heterocycles. The van der Waals surface area contributed by atoms with Crippen LogP contribution in [-0.4, -0.2) is 27.7 Å². The molecular formula is C23H20BrClN2O3. The van der Waals surface area contributed by atoms with Crippen molar-refractivity contribution in [2.75, 3.05) is 0 Å². The summed E-state index contributed by atoms with van der Waals surface area (Å²) in [6.45, 7) is 0.140. The highest BCUT2D eigenvalue weighted by Crippen LogP contribution is 2.56. The van der Waals surface area contributed by atoms with Gasteiger partial charge in [-0.2, -0.15) is 5.01 Å². The number of carbonyl (C=O) groups excluding carboxylic acids is 3. The van der Waals surface area contributed by atoms with Crippen molar-refractivity contribution in [3.63, 3.8) is 0 Å². The Morgan fingerprint density at radius 3 is 2.10 bits per heavy atom. The Hall–Kier alpha value is -2.18. The van der Waals surface area contributed by atoms with Gasteiger partial charge in [0.25, 0.3) is 17.7 Å². The first-order valence-electron chi connectivity index (χ1n) is 10.1. The number of carbonyl (C=O) groups is 3. The van der Waals surface area contributed by atoms with Crippen LogP contribution in [0.5, 0.6) is 0 Å². The fourth-order valence-electron chi connectivity index (χ4n) is 5.37. The Kier molecular flexibility index (Phi) is 4.94. The number of imide groups is 1. The van der Waals surface area contributed by atoms with Gasteiger partial charge in [0, 0.05) is 15.1 Å². The van der Waals surface area contributed by atoms with Crippen molar-refractivity contribution in [3.8, 4) is 0 Å². The third-order valence-electron chi connectivity index (χ3n) is 6.72. The molecule has 3 fully saturated rings. The van der Waals surface area contributed by atoms with Crippen LogP contribution in [0.15, 0.2) is 53.0 Å². The summed E-state index contributed by atoms with van der Waals surface area (Å²) in [6, 6.07) is 14.0. The van der Waals surface area contributed by atoms with Crippen molar-refractivity contribution < 1.29 is 14.4 Å². The Labute approximate surface area is 188 Å². The summed E-state index contributed by atoms with van der Waals surface area (Å²) in [7, 11) is 0. The fraction of sp³-hybridized carbons (Fsp3) is 0.348. The van der Waals surface area contributed by atoms with Gasteiger partial charge in [-0.15, -0.1) is 0 Å². The zero-order valence-corrected chi connectivity index (χ0v) is 18.5. The predicted octanol–water partition coefficient (Wildman–Crippen LogP) is 4.69. The van der Waals surface area contributed by atoms with Crippen molar-refractivity contribution in [2.45, 2.75) is 25.8 Å². The lowest BCUT2D eigenvalue weighted by molar-refractivity contribution is -0.156. The van der Waals surface area contributed by atoms with Gasteiger partial charge in [-0.05, 0) is 73.1 Å². The normalized spacial score (nSPS) is 26.9. The standard InChI is InChI=1S/C23H20BrClN2O3/c24-17-7-1-13(2-8-17)12-26(21(28)14-5-9-18(25)10-6-14)27-22(29)19-15-3-4-16(11-15)20(19)23(27)30/h1-2,5-10,15-16,19-20H,3-4,11-12H2/t15-,16+,19-,20-/m0/s1. The van der Waals surface area contributed by atoms with Crippen LogP contribution in [0.1, 0.15) is 35.2 Å². The fourth-order valence-corrected chi connectivity index (χ4v) is 5.76. The first-order valence-corrected chi connectivity index (χ1v) is 11.3. The molecule has 0 radical (unpaired) electrons. The number of fused-ring (bicyclic) bond motifs is 5. The lowest BCUT2D eigenvalue weighted by atomic mass is 9.81. The summed E-state index contributed by atoms with van der Waals surface area (Å²) in [4.78, 5) is 40.1. The van der Waals surface area contributed by atoms with E-state index in [2.05, 4.69) is 15.9 Å². The molecule has 1 saturated heterocycles. The van der Waals surface area contributed by atoms with Gasteiger partial charge < -0.3 is 0 Å². The maximum atomic E-state index is 13.4. The number of hydrazine groups is 1. The van der Waals surface area contributed by atoms with Crippen molar-refractivity contribution in [3.05, 3.63) is 69.2 Å². The Bertz CT molecular complexity index is 996. The van der Waals surface area contributed by atoms with Crippen LogP contribution >= 0.6 is 27.5 Å². The van der Waals surface area contributed by atoms with E-state index in [9.17, 15) is 14.4 Å². The number of amides is 3. The van der Waals surface area contributed by atoms with Gasteiger partial charge in [0.05, 0.1) is 18.4 Å². The van der Waals surface area contributed by atoms with E-state index in [1.54, 1.807) is 24.3 Å². The summed E-state index contributed by atoms with van der Waals surface area (Å²) in [5, 5.41) is 2.97. The van der Waals surface area contributed by atoms with Crippen molar-refractivity contribution >= 4 is 45.3 Å². The van der Waals surface area contributed by atoms with E-state index >= 15 is 0 Å². The van der Waals surface area contributed by atoms with E-state index in [0.717, 1.165) is 34.3 Å². The largest absolute Gasteiger partial charge is 0.273 e. The van der Waals surface area contributed by atoms with Crippen LogP contribution in [0.3, 0.4) is 0 Å². The molecular weight excluding hydrogens is 468 g/mol. The molecule has 0 spiro atoms. The molecule has 0 unspecified atom stereocenters. The molecule has 2 saturated carbocycles. The molecule has 5 nitrogen and oxygen atoms in total. The summed E-state index contributed by atoms with van der Waals surface area (Å²) in [5.41, 5.74) is 1.22. The predicted molar refractivity (Wildman–Crippen MR) is 115 cm³/mol. The monoisotopic (exact) mass is 486 g/mol. The first kappa shape index (κ1) is 19.8. The third kappa shape index (κ3) is 3.17. The molecule has 7 heteroatoms. The van der Waals surface area contributed by atoms with Crippen LogP contribution in [0.4, 0.5) is 0 Å². The van der Waals surface area contributed by atoms with E-state index in [0.29, 0.717) is 10.6 Å². The molecule has 3 aliphatic rings. The minimum Gasteiger partial charge on any atom is -0.272 e. The average Bonchev–Trinajstić information content (AvgIpc) is 3.42. The van der Waals surface area contributed by atoms with Crippen molar-refractivity contribution in [1.82, 2.24) is 10.0 Å². The van der Waals surface area contributed by atoms with Gasteiger partial charge in [0.15, 0.2) is 0 Å². The molecule has 2 bridgehead atoms. The Morgan fingerprint density at radius 2 is 1.53 bits per heavy atom. The van der Waals surface area contributed by atoms with Gasteiger partial charge in [-0.1, -0.05) is 39.7 Å². The first-order chi connectivity index (χ1) is 14.4. The third-order valence-corrected chi connectivity index (χ3v) is 7.50. The SMILES string of the molecule is O=C(c1ccc(Cl)cc1)N(Cc1ccc(Br)cc1)N1C(=O)[C@H]2[C@@H]3CC[C@@H](C3)[C@@H]2C1=O. The van der Waals surface area contributed by atoms with Gasteiger partial charge >= 0.3 is 0 Å². The summed E-state index contributed by atoms with van der Waals surface area (Å²) in [6.07, 6.45) is 2.95. The molecule has 5 rings (SSSR count). The topological polar surface area (TPSA) is 57.7 Å². The van der Waals surface area contributed by atoms with Gasteiger partial charge in [-0.3, -0.25) is 14.4 Å². The highest BCUT2D eigenvalue weighted by atomic mass is 79.9. The van der Waals surface area contributed by atoms with Gasteiger partial charge in [-0.25, -0.2) is 5.01 Å². The molecule has 1 heterocycles. The smallest absolute Gasteiger partial charge is 0.272 e. The van der Waals surface area contributed by atoms with E-state index in [1.807, 2.05) is 24.3 Å². The van der Waals surface area contributed by atoms with E-state index in [1.165, 1.54) is 5.01 Å². The van der Waals surface area contributed by atoms with Gasteiger partial charge in [0.2, 0.25) is 0 Å². The molecule has 0 aromatic heterocycles. The van der Waals surface area contributed by atoms with Crippen molar-refractivity contribution in [1.29, 1.82) is 0 Å². The van der Waals surface area contributed by atoms with Crippen LogP contribution in [-0.2, 0) is 16.1 Å². The van der Waals surface area contributed by atoms with Crippen LogP contribution < -0.4 is 0 Å². The summed E-state index contributed by atoms with van der Waals surface area (Å²) < 4.78 is 0.918. The number of nitrogens with zero attached hydrogens (tertiary/aromatic N) is 2. The second-order valence-corrected chi connectivity index (χ2v) is 9.72. The second-order valence-electron chi connectivity index (χ2n) is 8.37. The maximum absolute atomic E-state index is 13.4. The Balaban J connectivity index is 1.51. The molecule has 2 aromatic carbocycles. The lowest BCUT2D eigenvalue weighted by Gasteiger charge is -2.31. The van der Waals surface area contributed by atoms with Gasteiger partial charge in [0.1, 0.15) is 0 Å². The average molecular weight is 488 g/mol. The molecule has 0 N–H and O–H groups in total. The number of benzene rings is 2. The molecule has 2 aromatic rings. The molecule has 154 valence electrons. The highest BCUT2D eigenvalue weighted by molar-refractivity contribution is 9.10. The summed E-state index contributed by atoms with van der Waals surface area (Å²) >= 11 is 9.38. The maximum Gasteiger partial charge on any atom is 0.273 e. The minimum atomic E-state index is -0.386. The van der Waals surface area contributed by atoms with E-state index < -0.39 is 0 Å². The quantitative estimate of drug-likeness (QED) is 0.588. The number of halogens is 2.